The lowest BCUT2D eigenvalue weighted by molar-refractivity contribution is -0.135. The van der Waals surface area contributed by atoms with Gasteiger partial charge in [0.05, 0.1) is 6.42 Å². The molecule has 0 saturated carbocycles. The smallest absolute Gasteiger partial charge is 0.307 e. The second-order valence-electron chi connectivity index (χ2n) is 7.73. The van der Waals surface area contributed by atoms with Crippen molar-refractivity contribution in [2.75, 3.05) is 11.4 Å². The van der Waals surface area contributed by atoms with Gasteiger partial charge in [-0.25, -0.2) is 8.78 Å². The number of carboxylic acid groups (broad SMARTS) is 1. The number of hydrogen-bond acceptors (Lipinski definition) is 2. The number of rotatable bonds is 6. The Bertz CT molecular complexity index is 1230. The van der Waals surface area contributed by atoms with Gasteiger partial charge in [0.25, 0.3) is 0 Å². The van der Waals surface area contributed by atoms with E-state index in [1.54, 1.807) is 18.2 Å². The molecule has 0 heterocycles. The molecule has 32 heavy (non-hydrogen) atoms. The van der Waals surface area contributed by atoms with E-state index in [0.29, 0.717) is 11.1 Å². The van der Waals surface area contributed by atoms with Crippen molar-refractivity contribution in [1.29, 1.82) is 0 Å². The van der Waals surface area contributed by atoms with E-state index >= 15 is 0 Å². The summed E-state index contributed by atoms with van der Waals surface area (Å²) in [6.45, 7) is 4.64. The van der Waals surface area contributed by atoms with Crippen LogP contribution in [0.3, 0.4) is 0 Å². The van der Waals surface area contributed by atoms with E-state index in [2.05, 4.69) is 4.90 Å². The van der Waals surface area contributed by atoms with Crippen molar-refractivity contribution in [1.82, 2.24) is 0 Å². The normalized spacial score (nSPS) is 14.1. The highest BCUT2D eigenvalue weighted by atomic mass is 19.1. The van der Waals surface area contributed by atoms with Gasteiger partial charge >= 0.3 is 5.97 Å². The molecule has 0 atom stereocenters. The third-order valence-electron chi connectivity index (χ3n) is 5.75. The molecular formula is C27H23F2NO2. The number of anilines is 2. The molecule has 0 saturated heterocycles. The second-order valence-corrected chi connectivity index (χ2v) is 7.73. The maximum atomic E-state index is 13.9. The van der Waals surface area contributed by atoms with Gasteiger partial charge in [-0.15, -0.1) is 0 Å². The fraction of sp³-hybridized carbons (Fsp3) is 0.148. The van der Waals surface area contributed by atoms with E-state index in [1.807, 2.05) is 44.2 Å². The van der Waals surface area contributed by atoms with Crippen molar-refractivity contribution in [2.24, 2.45) is 0 Å². The average molecular weight is 431 g/mol. The molecular weight excluding hydrogens is 408 g/mol. The molecule has 1 aliphatic rings. The van der Waals surface area contributed by atoms with Gasteiger partial charge < -0.3 is 10.0 Å². The van der Waals surface area contributed by atoms with Crippen LogP contribution in [0.1, 0.15) is 37.0 Å². The summed E-state index contributed by atoms with van der Waals surface area (Å²) in [6, 6.07) is 18.9. The summed E-state index contributed by atoms with van der Waals surface area (Å²) in [4.78, 5) is 13.4. The number of fused-ring (bicyclic) bond motifs is 1. The van der Waals surface area contributed by atoms with Gasteiger partial charge in [0.15, 0.2) is 0 Å². The van der Waals surface area contributed by atoms with E-state index in [4.69, 9.17) is 0 Å². The van der Waals surface area contributed by atoms with E-state index < -0.39 is 5.97 Å². The van der Waals surface area contributed by atoms with Gasteiger partial charge in [-0.1, -0.05) is 18.2 Å². The van der Waals surface area contributed by atoms with Crippen LogP contribution >= 0.6 is 0 Å². The zero-order chi connectivity index (χ0) is 22.8. The van der Waals surface area contributed by atoms with Crippen LogP contribution in [-0.2, 0) is 4.79 Å². The molecule has 4 rings (SSSR count). The molecule has 3 nitrogen and oxygen atoms in total. The van der Waals surface area contributed by atoms with Crippen molar-refractivity contribution >= 4 is 34.6 Å². The third kappa shape index (κ3) is 4.19. The topological polar surface area (TPSA) is 40.5 Å². The average Bonchev–Trinajstić information content (AvgIpc) is 3.01. The Morgan fingerprint density at radius 2 is 1.50 bits per heavy atom. The molecule has 0 fully saturated rings. The zero-order valence-electron chi connectivity index (χ0n) is 17.9. The molecule has 0 unspecified atom stereocenters. The van der Waals surface area contributed by atoms with Crippen LogP contribution in [0, 0.1) is 11.6 Å². The fourth-order valence-electron chi connectivity index (χ4n) is 4.19. The molecule has 0 aromatic heterocycles. The molecule has 3 aromatic rings. The van der Waals surface area contributed by atoms with Gasteiger partial charge in [0.2, 0.25) is 0 Å². The van der Waals surface area contributed by atoms with E-state index in [9.17, 15) is 18.7 Å². The summed E-state index contributed by atoms with van der Waals surface area (Å²) in [6.07, 6.45) is 1.85. The molecule has 0 spiro atoms. The first-order chi connectivity index (χ1) is 15.4. The number of carbonyl (C=O) groups is 1. The first-order valence-corrected chi connectivity index (χ1v) is 10.4. The molecule has 3 aromatic carbocycles. The monoisotopic (exact) mass is 431 g/mol. The molecule has 1 N–H and O–H groups in total. The standard InChI is InChI=1S/C27H23F2NO2/c1-3-30(22-11-6-19(28)7-12-22)21-9-4-18(5-10-21)14-24-17(2)25(16-27(31)32)26-15-20(29)8-13-23(24)26/h4-15H,3,16H2,1-2H3,(H,31,32)/b24-14-. The maximum absolute atomic E-state index is 13.9. The Balaban J connectivity index is 1.69. The molecule has 162 valence electrons. The van der Waals surface area contributed by atoms with Gasteiger partial charge in [-0.3, -0.25) is 4.79 Å². The zero-order valence-corrected chi connectivity index (χ0v) is 17.9. The van der Waals surface area contributed by atoms with Crippen LogP contribution in [0.25, 0.3) is 17.2 Å². The Labute approximate surface area is 185 Å². The SMILES string of the molecule is CCN(c1ccc(F)cc1)c1ccc(/C=C2/C(C)=C(CC(=O)O)c3cc(F)ccc32)cc1. The number of nitrogens with zero attached hydrogens (tertiary/aromatic N) is 1. The van der Waals surface area contributed by atoms with E-state index in [-0.39, 0.29) is 18.1 Å². The summed E-state index contributed by atoms with van der Waals surface area (Å²) in [5, 5.41) is 9.30. The van der Waals surface area contributed by atoms with Crippen LogP contribution in [0.5, 0.6) is 0 Å². The van der Waals surface area contributed by atoms with E-state index in [0.717, 1.165) is 40.2 Å². The lowest BCUT2D eigenvalue weighted by Gasteiger charge is -2.23. The van der Waals surface area contributed by atoms with Gasteiger partial charge in [-0.05, 0) is 102 Å². The summed E-state index contributed by atoms with van der Waals surface area (Å²) in [5.41, 5.74) is 6.70. The number of hydrogen-bond donors (Lipinski definition) is 1. The van der Waals surface area contributed by atoms with Gasteiger partial charge in [0.1, 0.15) is 11.6 Å². The van der Waals surface area contributed by atoms with Gasteiger partial charge in [-0.2, -0.15) is 0 Å². The summed E-state index contributed by atoms with van der Waals surface area (Å²) < 4.78 is 27.1. The van der Waals surface area contributed by atoms with Crippen LogP contribution in [0.2, 0.25) is 0 Å². The van der Waals surface area contributed by atoms with Crippen LogP contribution in [0.4, 0.5) is 20.2 Å². The molecule has 5 heteroatoms. The molecule has 0 radical (unpaired) electrons. The second kappa shape index (κ2) is 8.79. The maximum Gasteiger partial charge on any atom is 0.307 e. The minimum Gasteiger partial charge on any atom is -0.481 e. The fourth-order valence-corrected chi connectivity index (χ4v) is 4.19. The molecule has 0 aliphatic heterocycles. The summed E-state index contributed by atoms with van der Waals surface area (Å²) in [5.74, 6) is -1.60. The highest BCUT2D eigenvalue weighted by Crippen LogP contribution is 2.44. The summed E-state index contributed by atoms with van der Waals surface area (Å²) in [7, 11) is 0. The summed E-state index contributed by atoms with van der Waals surface area (Å²) >= 11 is 0. The Kier molecular flexibility index (Phi) is 5.91. The van der Waals surface area contributed by atoms with Crippen LogP contribution in [0.15, 0.2) is 72.3 Å². The number of benzene rings is 3. The minimum absolute atomic E-state index is 0.151. The minimum atomic E-state index is -0.944. The Hall–Kier alpha value is -3.73. The van der Waals surface area contributed by atoms with Crippen molar-refractivity contribution in [3.63, 3.8) is 0 Å². The quantitative estimate of drug-likeness (QED) is 0.460. The molecule has 0 bridgehead atoms. The highest BCUT2D eigenvalue weighted by molar-refractivity contribution is 6.07. The number of carboxylic acids is 1. The number of halogens is 2. The van der Waals surface area contributed by atoms with Crippen LogP contribution in [-0.4, -0.2) is 17.6 Å². The predicted molar refractivity (Wildman–Crippen MR) is 125 cm³/mol. The van der Waals surface area contributed by atoms with Crippen molar-refractivity contribution in [2.45, 2.75) is 20.3 Å². The third-order valence-corrected chi connectivity index (χ3v) is 5.75. The number of allylic oxidation sites excluding steroid dienone is 2. The number of aliphatic carboxylic acids is 1. The lowest BCUT2D eigenvalue weighted by atomic mass is 10.0. The largest absolute Gasteiger partial charge is 0.481 e. The molecule has 0 amide bonds. The lowest BCUT2D eigenvalue weighted by Crippen LogP contribution is -2.15. The van der Waals surface area contributed by atoms with Crippen molar-refractivity contribution in [3.05, 3.63) is 101 Å². The van der Waals surface area contributed by atoms with E-state index in [1.165, 1.54) is 24.3 Å². The van der Waals surface area contributed by atoms with Gasteiger partial charge in [0, 0.05) is 17.9 Å². The Morgan fingerprint density at radius 3 is 2.09 bits per heavy atom. The van der Waals surface area contributed by atoms with Crippen molar-refractivity contribution < 1.29 is 18.7 Å². The van der Waals surface area contributed by atoms with Crippen molar-refractivity contribution in [3.8, 4) is 0 Å². The predicted octanol–water partition coefficient (Wildman–Crippen LogP) is 6.93. The van der Waals surface area contributed by atoms with Crippen LogP contribution < -0.4 is 4.90 Å². The Morgan fingerprint density at radius 1 is 0.906 bits per heavy atom. The molecule has 1 aliphatic carbocycles. The highest BCUT2D eigenvalue weighted by Gasteiger charge is 2.25. The first kappa shape index (κ1) is 21.5. The first-order valence-electron chi connectivity index (χ1n) is 10.4.